The second-order valence-corrected chi connectivity index (χ2v) is 3.76. The van der Waals surface area contributed by atoms with Gasteiger partial charge in [0.2, 0.25) is 0 Å². The van der Waals surface area contributed by atoms with Gasteiger partial charge in [0.25, 0.3) is 0 Å². The summed E-state index contributed by atoms with van der Waals surface area (Å²) in [5, 5.41) is 17.8. The van der Waals surface area contributed by atoms with Crippen LogP contribution in [0.5, 0.6) is 5.75 Å². The van der Waals surface area contributed by atoms with Crippen LogP contribution in [0, 0.1) is 0 Å². The molecule has 0 saturated carbocycles. The molecule has 0 aliphatic carbocycles. The highest BCUT2D eigenvalue weighted by Gasteiger charge is 2.09. The molecule has 0 amide bonds. The van der Waals surface area contributed by atoms with Gasteiger partial charge in [-0.05, 0) is 24.0 Å². The van der Waals surface area contributed by atoms with E-state index in [0.717, 1.165) is 19.4 Å². The third kappa shape index (κ3) is 5.72. The van der Waals surface area contributed by atoms with Gasteiger partial charge in [0, 0.05) is 6.61 Å². The topological polar surface area (TPSA) is 58.9 Å². The van der Waals surface area contributed by atoms with Crippen molar-refractivity contribution in [2.75, 3.05) is 19.8 Å². The Hall–Kier alpha value is -1.04. The normalized spacial score (nSPS) is 10.3. The number of unbranched alkanes of at least 4 members (excludes halogenated alkanes) is 1. The lowest BCUT2D eigenvalue weighted by Gasteiger charge is -2.07. The molecule has 2 N–H and O–H groups in total. The summed E-state index contributed by atoms with van der Waals surface area (Å²) in [4.78, 5) is 0. The molecule has 0 saturated heterocycles. The van der Waals surface area contributed by atoms with Gasteiger partial charge < -0.3 is 19.5 Å². The predicted octanol–water partition coefficient (Wildman–Crippen LogP) is 0.562. The molecule has 4 nitrogen and oxygen atoms in total. The van der Waals surface area contributed by atoms with Crippen LogP contribution in [0.15, 0.2) is 24.3 Å². The number of ether oxygens (including phenoxy) is 2. The minimum absolute atomic E-state index is 0.455. The first-order valence-electron chi connectivity index (χ1n) is 5.90. The van der Waals surface area contributed by atoms with Gasteiger partial charge in [0.15, 0.2) is 0 Å². The molecular weight excluding hydrogens is 219 g/mol. The van der Waals surface area contributed by atoms with Crippen molar-refractivity contribution in [3.05, 3.63) is 24.3 Å². The summed E-state index contributed by atoms with van der Waals surface area (Å²) in [5.74, 6) is 0.702. The molecule has 0 spiro atoms. The summed E-state index contributed by atoms with van der Waals surface area (Å²) >= 11 is 0. The van der Waals surface area contributed by atoms with Gasteiger partial charge in [0.1, 0.15) is 12.4 Å². The molecule has 1 aromatic carbocycles. The zero-order chi connectivity index (χ0) is 12.5. The molecule has 0 bridgehead atoms. The highest BCUT2D eigenvalue weighted by atomic mass is 16.5. The Bertz CT molecular complexity index is 300. The van der Waals surface area contributed by atoms with Crippen LogP contribution in [0.25, 0.3) is 0 Å². The van der Waals surface area contributed by atoms with Crippen molar-refractivity contribution in [3.8, 4) is 5.75 Å². The lowest BCUT2D eigenvalue weighted by atomic mass is 9.80. The minimum atomic E-state index is -1.43. The molecule has 1 aromatic rings. The van der Waals surface area contributed by atoms with E-state index in [1.54, 1.807) is 24.3 Å². The van der Waals surface area contributed by atoms with Gasteiger partial charge >= 0.3 is 7.12 Å². The van der Waals surface area contributed by atoms with Crippen LogP contribution < -0.4 is 10.2 Å². The van der Waals surface area contributed by atoms with Crippen LogP contribution in [-0.2, 0) is 4.74 Å². The summed E-state index contributed by atoms with van der Waals surface area (Å²) < 4.78 is 10.8. The maximum Gasteiger partial charge on any atom is 0.488 e. The van der Waals surface area contributed by atoms with Crippen molar-refractivity contribution in [2.45, 2.75) is 19.8 Å². The number of hydrogen-bond acceptors (Lipinski definition) is 4. The van der Waals surface area contributed by atoms with E-state index >= 15 is 0 Å². The molecule has 94 valence electrons. The molecular formula is C12H19BO4. The maximum atomic E-state index is 8.91. The number of benzene rings is 1. The average molecular weight is 238 g/mol. The van der Waals surface area contributed by atoms with E-state index in [4.69, 9.17) is 19.5 Å². The fraction of sp³-hybridized carbons (Fsp3) is 0.500. The highest BCUT2D eigenvalue weighted by molar-refractivity contribution is 6.58. The highest BCUT2D eigenvalue weighted by Crippen LogP contribution is 2.07. The van der Waals surface area contributed by atoms with E-state index in [2.05, 4.69) is 6.92 Å². The molecule has 0 radical (unpaired) electrons. The quantitative estimate of drug-likeness (QED) is 0.513. The fourth-order valence-corrected chi connectivity index (χ4v) is 1.30. The van der Waals surface area contributed by atoms with Gasteiger partial charge in [-0.15, -0.1) is 0 Å². The zero-order valence-electron chi connectivity index (χ0n) is 10.1. The standard InChI is InChI=1S/C12H19BO4/c1-2-3-8-16-9-10-17-12-6-4-11(5-7-12)13(14)15/h4-7,14-15H,2-3,8-10H2,1H3. The second-order valence-electron chi connectivity index (χ2n) is 3.76. The fourth-order valence-electron chi connectivity index (χ4n) is 1.30. The number of hydrogen-bond donors (Lipinski definition) is 2. The van der Waals surface area contributed by atoms with Crippen molar-refractivity contribution < 1.29 is 19.5 Å². The molecule has 17 heavy (non-hydrogen) atoms. The van der Waals surface area contributed by atoms with Gasteiger partial charge in [-0.2, -0.15) is 0 Å². The molecule has 0 fully saturated rings. The van der Waals surface area contributed by atoms with E-state index in [1.165, 1.54) is 0 Å². The van der Waals surface area contributed by atoms with Crippen LogP contribution in [0.1, 0.15) is 19.8 Å². The van der Waals surface area contributed by atoms with Gasteiger partial charge in [0.05, 0.1) is 6.61 Å². The van der Waals surface area contributed by atoms with Gasteiger partial charge in [-0.25, -0.2) is 0 Å². The van der Waals surface area contributed by atoms with E-state index in [0.29, 0.717) is 24.4 Å². The van der Waals surface area contributed by atoms with Crippen molar-refractivity contribution >= 4 is 12.6 Å². The average Bonchev–Trinajstić information content (AvgIpc) is 2.34. The molecule has 1 rings (SSSR count). The van der Waals surface area contributed by atoms with Crippen LogP contribution in [0.3, 0.4) is 0 Å². The van der Waals surface area contributed by atoms with Crippen LogP contribution >= 0.6 is 0 Å². The SMILES string of the molecule is CCCCOCCOc1ccc(B(O)O)cc1. The summed E-state index contributed by atoms with van der Waals surface area (Å²) in [6.45, 7) is 3.97. The van der Waals surface area contributed by atoms with Crippen LogP contribution in [0.2, 0.25) is 0 Å². The summed E-state index contributed by atoms with van der Waals surface area (Å²) in [5.41, 5.74) is 0.455. The van der Waals surface area contributed by atoms with Crippen molar-refractivity contribution in [1.29, 1.82) is 0 Å². The molecule has 0 unspecified atom stereocenters. The molecule has 0 heterocycles. The molecule has 5 heteroatoms. The Morgan fingerprint density at radius 1 is 1.06 bits per heavy atom. The summed E-state index contributed by atoms with van der Waals surface area (Å²) in [6.07, 6.45) is 2.20. The van der Waals surface area contributed by atoms with E-state index in [9.17, 15) is 0 Å². The first kappa shape index (κ1) is 14.0. The minimum Gasteiger partial charge on any atom is -0.491 e. The summed E-state index contributed by atoms with van der Waals surface area (Å²) in [6, 6.07) is 6.66. The van der Waals surface area contributed by atoms with Gasteiger partial charge in [-0.1, -0.05) is 25.5 Å². The van der Waals surface area contributed by atoms with Crippen LogP contribution in [-0.4, -0.2) is 37.0 Å². The lowest BCUT2D eigenvalue weighted by Crippen LogP contribution is -2.29. The molecule has 0 aliphatic rings. The third-order valence-electron chi connectivity index (χ3n) is 2.32. The third-order valence-corrected chi connectivity index (χ3v) is 2.32. The van der Waals surface area contributed by atoms with E-state index < -0.39 is 7.12 Å². The zero-order valence-corrected chi connectivity index (χ0v) is 10.1. The smallest absolute Gasteiger partial charge is 0.488 e. The van der Waals surface area contributed by atoms with Gasteiger partial charge in [-0.3, -0.25) is 0 Å². The van der Waals surface area contributed by atoms with E-state index in [-0.39, 0.29) is 0 Å². The number of rotatable bonds is 8. The van der Waals surface area contributed by atoms with Crippen LogP contribution in [0.4, 0.5) is 0 Å². The molecule has 0 atom stereocenters. The Kier molecular flexibility index (Phi) is 6.70. The lowest BCUT2D eigenvalue weighted by molar-refractivity contribution is 0.0981. The molecule has 0 aromatic heterocycles. The maximum absolute atomic E-state index is 8.91. The molecule has 0 aliphatic heterocycles. The Labute approximate surface area is 102 Å². The Morgan fingerprint density at radius 2 is 1.76 bits per heavy atom. The first-order valence-corrected chi connectivity index (χ1v) is 5.90. The second kappa shape index (κ2) is 8.11. The Morgan fingerprint density at radius 3 is 2.35 bits per heavy atom. The monoisotopic (exact) mass is 238 g/mol. The first-order chi connectivity index (χ1) is 8.24. The van der Waals surface area contributed by atoms with Crippen molar-refractivity contribution in [1.82, 2.24) is 0 Å². The summed E-state index contributed by atoms with van der Waals surface area (Å²) in [7, 11) is -1.43. The Balaban J connectivity index is 2.19. The predicted molar refractivity (Wildman–Crippen MR) is 67.5 cm³/mol. The van der Waals surface area contributed by atoms with Crippen molar-refractivity contribution in [2.24, 2.45) is 0 Å². The van der Waals surface area contributed by atoms with Crippen molar-refractivity contribution in [3.63, 3.8) is 0 Å². The largest absolute Gasteiger partial charge is 0.491 e. The van der Waals surface area contributed by atoms with E-state index in [1.807, 2.05) is 0 Å².